The average molecular weight is 304 g/mol. The summed E-state index contributed by atoms with van der Waals surface area (Å²) in [5, 5.41) is 0. The molecule has 0 aliphatic heterocycles. The van der Waals surface area contributed by atoms with E-state index in [9.17, 15) is 8.42 Å². The number of nitrogens with zero attached hydrogens (tertiary/aromatic N) is 2. The van der Waals surface area contributed by atoms with Crippen LogP contribution in [-0.2, 0) is 14.9 Å². The van der Waals surface area contributed by atoms with E-state index in [-0.39, 0.29) is 0 Å². The highest BCUT2D eigenvalue weighted by molar-refractivity contribution is 7.86. The van der Waals surface area contributed by atoms with Crippen molar-refractivity contribution in [1.29, 1.82) is 0 Å². The van der Waals surface area contributed by atoms with Gasteiger partial charge >= 0.3 is 0 Å². The SMILES string of the molecule is COCCN(CC1CC2CCC1CC2)S(=O)(=O)N(C)C. The lowest BCUT2D eigenvalue weighted by Crippen LogP contribution is -2.47. The fourth-order valence-corrected chi connectivity index (χ4v) is 4.87. The average Bonchev–Trinajstić information content (AvgIpc) is 2.44. The molecule has 3 aliphatic carbocycles. The van der Waals surface area contributed by atoms with E-state index < -0.39 is 10.2 Å². The minimum Gasteiger partial charge on any atom is -0.383 e. The summed E-state index contributed by atoms with van der Waals surface area (Å²) in [6.07, 6.45) is 6.47. The summed E-state index contributed by atoms with van der Waals surface area (Å²) in [5.74, 6) is 2.09. The van der Waals surface area contributed by atoms with Crippen molar-refractivity contribution in [3.63, 3.8) is 0 Å². The van der Waals surface area contributed by atoms with Gasteiger partial charge in [-0.1, -0.05) is 12.8 Å². The first kappa shape index (κ1) is 16.2. The zero-order valence-corrected chi connectivity index (χ0v) is 13.7. The summed E-state index contributed by atoms with van der Waals surface area (Å²) in [6, 6.07) is 0. The Labute approximate surface area is 123 Å². The second-order valence-electron chi connectivity index (χ2n) is 6.42. The molecule has 0 N–H and O–H groups in total. The molecule has 0 heterocycles. The van der Waals surface area contributed by atoms with E-state index in [2.05, 4.69) is 0 Å². The zero-order chi connectivity index (χ0) is 14.8. The minimum absolute atomic E-state index is 0.449. The fraction of sp³-hybridized carbons (Fsp3) is 1.00. The number of fused-ring (bicyclic) bond motifs is 3. The Morgan fingerprint density at radius 3 is 2.25 bits per heavy atom. The molecule has 3 fully saturated rings. The van der Waals surface area contributed by atoms with E-state index in [1.807, 2.05) is 0 Å². The number of methoxy groups -OCH3 is 1. The molecule has 1 unspecified atom stereocenters. The summed E-state index contributed by atoms with van der Waals surface area (Å²) < 4.78 is 32.8. The molecular formula is C14H28N2O3S. The molecule has 118 valence electrons. The molecule has 0 aromatic rings. The van der Waals surface area contributed by atoms with E-state index in [4.69, 9.17) is 4.74 Å². The highest BCUT2D eigenvalue weighted by Gasteiger charge is 2.38. The van der Waals surface area contributed by atoms with E-state index in [1.54, 1.807) is 25.5 Å². The standard InChI is InChI=1S/C14H28N2O3S/c1-15(2)20(17,18)16(8-9-19-3)11-14-10-12-4-6-13(14)7-5-12/h12-14H,4-11H2,1-3H3. The van der Waals surface area contributed by atoms with Crippen LogP contribution in [0.15, 0.2) is 0 Å². The summed E-state index contributed by atoms with van der Waals surface area (Å²) in [5.41, 5.74) is 0. The van der Waals surface area contributed by atoms with Crippen LogP contribution in [0.3, 0.4) is 0 Å². The topological polar surface area (TPSA) is 49.9 Å². The van der Waals surface area contributed by atoms with Gasteiger partial charge in [0.05, 0.1) is 6.61 Å². The maximum atomic E-state index is 12.4. The first-order valence-corrected chi connectivity index (χ1v) is 9.01. The number of hydrogen-bond donors (Lipinski definition) is 0. The normalized spacial score (nSPS) is 30.4. The molecule has 0 aromatic carbocycles. The van der Waals surface area contributed by atoms with Crippen LogP contribution in [-0.4, -0.2) is 57.9 Å². The lowest BCUT2D eigenvalue weighted by molar-refractivity contribution is 0.0778. The Hall–Kier alpha value is -0.170. The van der Waals surface area contributed by atoms with E-state index in [1.165, 1.54) is 36.4 Å². The third kappa shape index (κ3) is 3.53. The summed E-state index contributed by atoms with van der Waals surface area (Å²) in [7, 11) is 1.47. The van der Waals surface area contributed by atoms with Crippen LogP contribution in [0.5, 0.6) is 0 Å². The van der Waals surface area contributed by atoms with Crippen LogP contribution in [0.2, 0.25) is 0 Å². The van der Waals surface area contributed by atoms with Gasteiger partial charge in [-0.15, -0.1) is 0 Å². The summed E-state index contributed by atoms with van der Waals surface area (Å²) >= 11 is 0. The van der Waals surface area contributed by atoms with Gasteiger partial charge in [0.15, 0.2) is 0 Å². The summed E-state index contributed by atoms with van der Waals surface area (Å²) in [6.45, 7) is 1.56. The van der Waals surface area contributed by atoms with Gasteiger partial charge in [0.25, 0.3) is 10.2 Å². The molecule has 3 saturated carbocycles. The molecule has 0 amide bonds. The van der Waals surface area contributed by atoms with Gasteiger partial charge in [0.1, 0.15) is 0 Å². The smallest absolute Gasteiger partial charge is 0.281 e. The second-order valence-corrected chi connectivity index (χ2v) is 8.56. The molecule has 0 aromatic heterocycles. The molecular weight excluding hydrogens is 276 g/mol. The van der Waals surface area contributed by atoms with Crippen LogP contribution in [0.1, 0.15) is 32.1 Å². The highest BCUT2D eigenvalue weighted by atomic mass is 32.2. The van der Waals surface area contributed by atoms with Crippen molar-refractivity contribution < 1.29 is 13.2 Å². The van der Waals surface area contributed by atoms with Gasteiger partial charge in [-0.05, 0) is 37.0 Å². The van der Waals surface area contributed by atoms with Gasteiger partial charge in [0, 0.05) is 34.3 Å². The molecule has 6 heteroatoms. The lowest BCUT2D eigenvalue weighted by atomic mass is 9.65. The lowest BCUT2D eigenvalue weighted by Gasteiger charge is -2.44. The molecule has 2 bridgehead atoms. The van der Waals surface area contributed by atoms with Crippen molar-refractivity contribution in [1.82, 2.24) is 8.61 Å². The maximum absolute atomic E-state index is 12.4. The van der Waals surface area contributed by atoms with Crippen molar-refractivity contribution in [2.45, 2.75) is 32.1 Å². The van der Waals surface area contributed by atoms with Gasteiger partial charge in [0.2, 0.25) is 0 Å². The Morgan fingerprint density at radius 2 is 1.80 bits per heavy atom. The third-order valence-electron chi connectivity index (χ3n) is 4.96. The Morgan fingerprint density at radius 1 is 1.15 bits per heavy atom. The first-order valence-electron chi connectivity index (χ1n) is 7.61. The van der Waals surface area contributed by atoms with Crippen molar-refractivity contribution in [3.8, 4) is 0 Å². The van der Waals surface area contributed by atoms with E-state index in [0.717, 1.165) is 11.8 Å². The van der Waals surface area contributed by atoms with Crippen molar-refractivity contribution in [2.24, 2.45) is 17.8 Å². The Kier molecular flexibility index (Phi) is 5.45. The van der Waals surface area contributed by atoms with Gasteiger partial charge < -0.3 is 4.74 Å². The molecule has 0 radical (unpaired) electrons. The largest absolute Gasteiger partial charge is 0.383 e. The molecule has 3 aliphatic rings. The minimum atomic E-state index is -3.34. The predicted molar refractivity (Wildman–Crippen MR) is 79.6 cm³/mol. The van der Waals surface area contributed by atoms with Crippen LogP contribution in [0, 0.1) is 17.8 Å². The van der Waals surface area contributed by atoms with Gasteiger partial charge in [-0.2, -0.15) is 17.0 Å². The van der Waals surface area contributed by atoms with Gasteiger partial charge in [-0.3, -0.25) is 0 Å². The zero-order valence-electron chi connectivity index (χ0n) is 12.9. The predicted octanol–water partition coefficient (Wildman–Crippen LogP) is 1.57. The molecule has 0 saturated heterocycles. The van der Waals surface area contributed by atoms with E-state index >= 15 is 0 Å². The second kappa shape index (κ2) is 6.73. The molecule has 0 spiro atoms. The van der Waals surface area contributed by atoms with Gasteiger partial charge in [-0.25, -0.2) is 0 Å². The molecule has 20 heavy (non-hydrogen) atoms. The number of rotatable bonds is 7. The van der Waals surface area contributed by atoms with Crippen LogP contribution >= 0.6 is 0 Å². The first-order chi connectivity index (χ1) is 9.45. The van der Waals surface area contributed by atoms with E-state index in [0.29, 0.717) is 25.6 Å². The fourth-order valence-electron chi connectivity index (χ4n) is 3.73. The monoisotopic (exact) mass is 304 g/mol. The van der Waals surface area contributed by atoms with Crippen molar-refractivity contribution >= 4 is 10.2 Å². The van der Waals surface area contributed by atoms with Crippen LogP contribution in [0.25, 0.3) is 0 Å². The third-order valence-corrected chi connectivity index (χ3v) is 6.87. The van der Waals surface area contributed by atoms with Crippen LogP contribution in [0.4, 0.5) is 0 Å². The van der Waals surface area contributed by atoms with Crippen LogP contribution < -0.4 is 0 Å². The number of hydrogen-bond acceptors (Lipinski definition) is 3. The molecule has 3 rings (SSSR count). The molecule has 1 atom stereocenters. The van der Waals surface area contributed by atoms with Crippen molar-refractivity contribution in [3.05, 3.63) is 0 Å². The van der Waals surface area contributed by atoms with Crippen molar-refractivity contribution in [2.75, 3.05) is 40.9 Å². The molecule has 5 nitrogen and oxygen atoms in total. The summed E-state index contributed by atoms with van der Waals surface area (Å²) in [4.78, 5) is 0. The Bertz CT molecular complexity index is 403. The maximum Gasteiger partial charge on any atom is 0.281 e. The highest BCUT2D eigenvalue weighted by Crippen LogP contribution is 2.45. The quantitative estimate of drug-likeness (QED) is 0.717. The number of ether oxygens (including phenoxy) is 1. The Balaban J connectivity index is 2.04.